The summed E-state index contributed by atoms with van der Waals surface area (Å²) in [4.78, 5) is 62.3. The van der Waals surface area contributed by atoms with E-state index >= 15 is 0 Å². The van der Waals surface area contributed by atoms with Crippen LogP contribution in [-0.4, -0.2) is 78.3 Å². The molecule has 1 fully saturated rings. The van der Waals surface area contributed by atoms with Crippen molar-refractivity contribution in [1.82, 2.24) is 0 Å². The number of Topliss-reactive ketones (excluding diaryl/α,β-unsaturated/α-hetero) is 1. The van der Waals surface area contributed by atoms with Gasteiger partial charge in [-0.05, 0) is 25.0 Å². The lowest BCUT2D eigenvalue weighted by Crippen LogP contribution is -2.51. The quantitative estimate of drug-likeness (QED) is 0.196. The van der Waals surface area contributed by atoms with Crippen LogP contribution in [0.3, 0.4) is 0 Å². The highest BCUT2D eigenvalue weighted by molar-refractivity contribution is 5.97. The number of carbonyl (C=O) groups is 5. The van der Waals surface area contributed by atoms with Crippen molar-refractivity contribution in [2.75, 3.05) is 6.61 Å². The van der Waals surface area contributed by atoms with E-state index in [1.54, 1.807) is 12.2 Å². The third kappa shape index (κ3) is 8.91. The summed E-state index contributed by atoms with van der Waals surface area (Å²) in [5.74, 6) is -3.06. The first kappa shape index (κ1) is 31.9. The van der Waals surface area contributed by atoms with Gasteiger partial charge in [-0.3, -0.25) is 24.0 Å². The Kier molecular flexibility index (Phi) is 11.1. The first-order valence-corrected chi connectivity index (χ1v) is 13.3. The number of benzene rings is 1. The molecule has 41 heavy (non-hydrogen) atoms. The summed E-state index contributed by atoms with van der Waals surface area (Å²) in [5.41, 5.74) is -0.609. The summed E-state index contributed by atoms with van der Waals surface area (Å²) in [7, 11) is 0. The molecular formula is C30H36O11. The summed E-state index contributed by atoms with van der Waals surface area (Å²) in [6.45, 7) is 8.51. The van der Waals surface area contributed by atoms with Crippen molar-refractivity contribution in [3.8, 4) is 0 Å². The van der Waals surface area contributed by atoms with Crippen molar-refractivity contribution >= 4 is 29.5 Å². The van der Waals surface area contributed by atoms with Gasteiger partial charge in [-0.25, -0.2) is 0 Å². The Hall–Kier alpha value is -3.67. The lowest BCUT2D eigenvalue weighted by molar-refractivity contribution is -0.184. The number of hydrogen-bond donors (Lipinski definition) is 0. The van der Waals surface area contributed by atoms with Gasteiger partial charge in [-0.15, -0.1) is 6.58 Å². The number of rotatable bonds is 13. The third-order valence-corrected chi connectivity index (χ3v) is 6.47. The van der Waals surface area contributed by atoms with E-state index in [9.17, 15) is 24.0 Å². The predicted octanol–water partition coefficient (Wildman–Crippen LogP) is 2.58. The van der Waals surface area contributed by atoms with E-state index in [1.807, 2.05) is 30.3 Å². The predicted molar refractivity (Wildman–Crippen MR) is 143 cm³/mol. The van der Waals surface area contributed by atoms with Gasteiger partial charge in [0.05, 0.1) is 18.8 Å². The van der Waals surface area contributed by atoms with Gasteiger partial charge in [0.1, 0.15) is 18.3 Å². The van der Waals surface area contributed by atoms with E-state index in [-0.39, 0.29) is 19.6 Å². The summed E-state index contributed by atoms with van der Waals surface area (Å²) in [6.07, 6.45) is -2.19. The Morgan fingerprint density at radius 2 is 1.73 bits per heavy atom. The fraction of sp³-hybridized carbons (Fsp3) is 0.500. The van der Waals surface area contributed by atoms with Crippen molar-refractivity contribution in [1.29, 1.82) is 0 Å². The van der Waals surface area contributed by atoms with Crippen LogP contribution in [0.15, 0.2) is 55.1 Å². The maximum atomic E-state index is 13.9. The van der Waals surface area contributed by atoms with Crippen LogP contribution < -0.4 is 0 Å². The third-order valence-electron chi connectivity index (χ3n) is 6.47. The average molecular weight is 573 g/mol. The van der Waals surface area contributed by atoms with Gasteiger partial charge in [0.15, 0.2) is 29.9 Å². The summed E-state index contributed by atoms with van der Waals surface area (Å²) >= 11 is 0. The lowest BCUT2D eigenvalue weighted by Gasteiger charge is -2.33. The van der Waals surface area contributed by atoms with Crippen LogP contribution in [-0.2, 0) is 59.0 Å². The Bertz CT molecular complexity index is 1160. The van der Waals surface area contributed by atoms with Crippen molar-refractivity contribution in [2.24, 2.45) is 0 Å². The zero-order chi connectivity index (χ0) is 30.2. The van der Waals surface area contributed by atoms with Crippen LogP contribution >= 0.6 is 0 Å². The average Bonchev–Trinajstić information content (AvgIpc) is 3.20. The molecule has 0 amide bonds. The van der Waals surface area contributed by atoms with Crippen LogP contribution in [0.4, 0.5) is 0 Å². The second kappa shape index (κ2) is 14.3. The number of hydrogen-bond acceptors (Lipinski definition) is 11. The molecule has 2 aliphatic rings. The van der Waals surface area contributed by atoms with Gasteiger partial charge in [-0.1, -0.05) is 42.5 Å². The molecule has 1 aromatic rings. The summed E-state index contributed by atoms with van der Waals surface area (Å²) < 4.78 is 34.2. The van der Waals surface area contributed by atoms with Crippen molar-refractivity contribution in [2.45, 2.75) is 89.4 Å². The molecule has 11 nitrogen and oxygen atoms in total. The standard InChI is InChI=1S/C30H36O11/c1-6-10-22-13-14-23(34)26(39-22)29(38-19(3)32)28-25(35)27(36-16-21-11-8-7-9-12-21)24(40-28)15-30(5,41-20(4)33)17-37-18(2)31/h6-9,11-14,22,24,26-29H,1,10,15-17H2,2-5H3/t22-,24-,26+,27+,28-,29-,30?/m1/s1. The molecule has 0 aromatic heterocycles. The van der Waals surface area contributed by atoms with Crippen LogP contribution in [0.25, 0.3) is 0 Å². The minimum absolute atomic E-state index is 0.0410. The van der Waals surface area contributed by atoms with Gasteiger partial charge in [0.25, 0.3) is 0 Å². The molecule has 1 unspecified atom stereocenters. The van der Waals surface area contributed by atoms with E-state index < -0.39 is 71.7 Å². The molecule has 1 saturated heterocycles. The molecule has 0 radical (unpaired) electrons. The highest BCUT2D eigenvalue weighted by Gasteiger charge is 2.54. The zero-order valence-corrected chi connectivity index (χ0v) is 23.6. The Morgan fingerprint density at radius 1 is 1.02 bits per heavy atom. The van der Waals surface area contributed by atoms with Gasteiger partial charge >= 0.3 is 17.9 Å². The van der Waals surface area contributed by atoms with Crippen molar-refractivity contribution in [3.63, 3.8) is 0 Å². The van der Waals surface area contributed by atoms with Crippen molar-refractivity contribution in [3.05, 3.63) is 60.7 Å². The Labute approximate surface area is 238 Å². The molecule has 0 bridgehead atoms. The fourth-order valence-corrected chi connectivity index (χ4v) is 4.78. The van der Waals surface area contributed by atoms with Gasteiger partial charge < -0.3 is 28.4 Å². The molecule has 0 spiro atoms. The first-order chi connectivity index (χ1) is 19.4. The minimum Gasteiger partial charge on any atom is -0.462 e. The molecule has 0 aliphatic carbocycles. The maximum Gasteiger partial charge on any atom is 0.303 e. The Morgan fingerprint density at radius 3 is 2.34 bits per heavy atom. The molecule has 11 heteroatoms. The van der Waals surface area contributed by atoms with Crippen LogP contribution in [0.2, 0.25) is 0 Å². The van der Waals surface area contributed by atoms with Crippen LogP contribution in [0.5, 0.6) is 0 Å². The molecule has 3 rings (SSSR count). The smallest absolute Gasteiger partial charge is 0.303 e. The molecular weight excluding hydrogens is 536 g/mol. The van der Waals surface area contributed by atoms with E-state index in [0.717, 1.165) is 12.5 Å². The van der Waals surface area contributed by atoms with E-state index in [1.165, 1.54) is 26.8 Å². The number of carbonyl (C=O) groups excluding carboxylic acids is 5. The molecule has 2 aliphatic heterocycles. The topological polar surface area (TPSA) is 141 Å². The van der Waals surface area contributed by atoms with Crippen LogP contribution in [0, 0.1) is 0 Å². The summed E-state index contributed by atoms with van der Waals surface area (Å²) in [6, 6.07) is 9.11. The molecule has 2 heterocycles. The van der Waals surface area contributed by atoms with Crippen molar-refractivity contribution < 1.29 is 52.4 Å². The molecule has 222 valence electrons. The second-order valence-corrected chi connectivity index (χ2v) is 10.2. The molecule has 1 aromatic carbocycles. The molecule has 0 N–H and O–H groups in total. The van der Waals surface area contributed by atoms with Gasteiger partial charge in [0, 0.05) is 27.2 Å². The second-order valence-electron chi connectivity index (χ2n) is 10.2. The van der Waals surface area contributed by atoms with E-state index in [0.29, 0.717) is 6.42 Å². The highest BCUT2D eigenvalue weighted by atomic mass is 16.6. The zero-order valence-electron chi connectivity index (χ0n) is 23.6. The van der Waals surface area contributed by atoms with E-state index in [4.69, 9.17) is 28.4 Å². The van der Waals surface area contributed by atoms with E-state index in [2.05, 4.69) is 6.58 Å². The SMILES string of the molecule is C=CC[C@@H]1C=CC(=O)[C@@H]([C@@H](OC(C)=O)[C@@H]2O[C@H](CC(C)(COC(C)=O)OC(C)=O)[C@H](OCc3ccccc3)C2=O)O1. The maximum absolute atomic E-state index is 13.9. The largest absolute Gasteiger partial charge is 0.462 e. The first-order valence-electron chi connectivity index (χ1n) is 13.3. The molecule has 0 saturated carbocycles. The summed E-state index contributed by atoms with van der Waals surface area (Å²) in [5, 5.41) is 0. The lowest BCUT2D eigenvalue weighted by atomic mass is 9.93. The molecule has 7 atom stereocenters. The highest BCUT2D eigenvalue weighted by Crippen LogP contribution is 2.34. The number of ether oxygens (including phenoxy) is 6. The van der Waals surface area contributed by atoms with Crippen LogP contribution in [0.1, 0.15) is 46.1 Å². The number of ketones is 2. The normalized spacial score (nSPS) is 26.1. The minimum atomic E-state index is -1.44. The monoisotopic (exact) mass is 572 g/mol. The number of esters is 3. The van der Waals surface area contributed by atoms with Gasteiger partial charge in [-0.2, -0.15) is 0 Å². The van der Waals surface area contributed by atoms with Gasteiger partial charge in [0.2, 0.25) is 0 Å². The fourth-order valence-electron chi connectivity index (χ4n) is 4.78. The Balaban J connectivity index is 1.94.